The van der Waals surface area contributed by atoms with Crippen molar-refractivity contribution in [2.24, 2.45) is 0 Å². The summed E-state index contributed by atoms with van der Waals surface area (Å²) in [4.78, 5) is 14.7. The molecule has 0 unspecified atom stereocenters. The lowest BCUT2D eigenvalue weighted by atomic mass is 9.81. The van der Waals surface area contributed by atoms with E-state index in [0.29, 0.717) is 12.1 Å². The maximum absolute atomic E-state index is 12.1. The summed E-state index contributed by atoms with van der Waals surface area (Å²) < 4.78 is 5.42. The Morgan fingerprint density at radius 2 is 1.79 bits per heavy atom. The third-order valence-electron chi connectivity index (χ3n) is 5.05. The Morgan fingerprint density at radius 3 is 2.38 bits per heavy atom. The van der Waals surface area contributed by atoms with Gasteiger partial charge < -0.3 is 10.1 Å². The van der Waals surface area contributed by atoms with Gasteiger partial charge in [0.25, 0.3) is 0 Å². The highest BCUT2D eigenvalue weighted by molar-refractivity contribution is 5.68. The van der Waals surface area contributed by atoms with Crippen LogP contribution in [0.25, 0.3) is 0 Å². The van der Waals surface area contributed by atoms with Gasteiger partial charge in [-0.1, -0.05) is 36.8 Å². The van der Waals surface area contributed by atoms with E-state index >= 15 is 0 Å². The van der Waals surface area contributed by atoms with Gasteiger partial charge in [-0.05, 0) is 52.0 Å². The Bertz CT molecular complexity index is 539. The number of carbonyl (C=O) groups excluding carboxylic acids is 1. The zero-order valence-electron chi connectivity index (χ0n) is 15.1. The van der Waals surface area contributed by atoms with Crippen LogP contribution in [0.4, 0.5) is 4.79 Å². The van der Waals surface area contributed by atoms with Crippen molar-refractivity contribution in [3.63, 3.8) is 0 Å². The predicted molar refractivity (Wildman–Crippen MR) is 95.8 cm³/mol. The van der Waals surface area contributed by atoms with E-state index in [1.54, 1.807) is 0 Å². The fourth-order valence-electron chi connectivity index (χ4n) is 4.12. The van der Waals surface area contributed by atoms with Gasteiger partial charge in [-0.2, -0.15) is 0 Å². The van der Waals surface area contributed by atoms with E-state index in [2.05, 4.69) is 40.5 Å². The van der Waals surface area contributed by atoms with Crippen LogP contribution in [-0.2, 0) is 11.3 Å². The van der Waals surface area contributed by atoms with Crippen molar-refractivity contribution in [3.8, 4) is 0 Å². The molecule has 0 aromatic heterocycles. The molecule has 0 spiro atoms. The Balaban J connectivity index is 1.60. The molecular formula is C20H30N2O2. The van der Waals surface area contributed by atoms with E-state index in [0.717, 1.165) is 19.4 Å². The highest BCUT2D eigenvalue weighted by Crippen LogP contribution is 2.35. The molecule has 2 atom stereocenters. The molecule has 2 aliphatic rings. The number of hydrogen-bond acceptors (Lipinski definition) is 3. The van der Waals surface area contributed by atoms with Crippen molar-refractivity contribution >= 4 is 6.09 Å². The number of hydrogen-bond donors (Lipinski definition) is 1. The minimum Gasteiger partial charge on any atom is -0.444 e. The first-order chi connectivity index (χ1) is 11.4. The number of alkyl carbamates (subject to hydrolysis) is 1. The molecular weight excluding hydrogens is 300 g/mol. The van der Waals surface area contributed by atoms with Crippen LogP contribution in [0.5, 0.6) is 0 Å². The zero-order chi connectivity index (χ0) is 17.2. The van der Waals surface area contributed by atoms with Crippen LogP contribution in [0.3, 0.4) is 0 Å². The van der Waals surface area contributed by atoms with E-state index in [1.807, 2.05) is 20.8 Å². The minimum absolute atomic E-state index is 0.238. The summed E-state index contributed by atoms with van der Waals surface area (Å²) in [5, 5.41) is 3.10. The summed E-state index contributed by atoms with van der Waals surface area (Å²) in [5.41, 5.74) is 0.946. The van der Waals surface area contributed by atoms with Gasteiger partial charge in [0.2, 0.25) is 0 Å². The van der Waals surface area contributed by atoms with Gasteiger partial charge in [-0.25, -0.2) is 4.79 Å². The number of nitrogens with zero attached hydrogens (tertiary/aromatic N) is 1. The number of amides is 1. The van der Waals surface area contributed by atoms with Crippen LogP contribution in [0.1, 0.15) is 58.4 Å². The second kappa shape index (κ2) is 7.14. The first-order valence-corrected chi connectivity index (χ1v) is 9.20. The molecule has 1 N–H and O–H groups in total. The SMILES string of the molecule is CC(C)(C)OC(=O)NC1C[C@@H]2CCC[C@@H](C1)N2Cc1ccccc1. The molecule has 24 heavy (non-hydrogen) atoms. The average molecular weight is 330 g/mol. The van der Waals surface area contributed by atoms with Crippen molar-refractivity contribution in [2.45, 2.75) is 83.1 Å². The van der Waals surface area contributed by atoms with Gasteiger partial charge in [0.1, 0.15) is 5.60 Å². The van der Waals surface area contributed by atoms with Crippen molar-refractivity contribution < 1.29 is 9.53 Å². The quantitative estimate of drug-likeness (QED) is 0.907. The zero-order valence-corrected chi connectivity index (χ0v) is 15.1. The van der Waals surface area contributed by atoms with Crippen molar-refractivity contribution in [2.75, 3.05) is 0 Å². The van der Waals surface area contributed by atoms with Crippen molar-refractivity contribution in [1.29, 1.82) is 0 Å². The normalized spacial score (nSPS) is 27.5. The fraction of sp³-hybridized carbons (Fsp3) is 0.650. The molecule has 2 fully saturated rings. The fourth-order valence-corrected chi connectivity index (χ4v) is 4.12. The third-order valence-corrected chi connectivity index (χ3v) is 5.05. The lowest BCUT2D eigenvalue weighted by molar-refractivity contribution is 0.0101. The number of ether oxygens (including phenoxy) is 1. The molecule has 0 radical (unpaired) electrons. The lowest BCUT2D eigenvalue weighted by Gasteiger charge is -2.49. The van der Waals surface area contributed by atoms with Gasteiger partial charge in [0, 0.05) is 24.7 Å². The van der Waals surface area contributed by atoms with Gasteiger partial charge in [-0.3, -0.25) is 4.90 Å². The molecule has 1 aromatic rings. The number of rotatable bonds is 3. The summed E-state index contributed by atoms with van der Waals surface area (Å²) in [6.07, 6.45) is 5.55. The summed E-state index contributed by atoms with van der Waals surface area (Å²) in [6.45, 7) is 6.74. The molecule has 2 aliphatic heterocycles. The summed E-state index contributed by atoms with van der Waals surface area (Å²) in [5.74, 6) is 0. The lowest BCUT2D eigenvalue weighted by Crippen LogP contribution is -2.56. The van der Waals surface area contributed by atoms with E-state index in [4.69, 9.17) is 4.74 Å². The predicted octanol–water partition coefficient (Wildman–Crippen LogP) is 4.10. The molecule has 0 saturated carbocycles. The summed E-state index contributed by atoms with van der Waals surface area (Å²) >= 11 is 0. The van der Waals surface area contributed by atoms with Crippen LogP contribution in [0, 0.1) is 0 Å². The van der Waals surface area contributed by atoms with E-state index < -0.39 is 5.60 Å². The highest BCUT2D eigenvalue weighted by atomic mass is 16.6. The Kier molecular flexibility index (Phi) is 5.14. The molecule has 4 nitrogen and oxygen atoms in total. The van der Waals surface area contributed by atoms with Gasteiger partial charge in [-0.15, -0.1) is 0 Å². The molecule has 0 aliphatic carbocycles. The van der Waals surface area contributed by atoms with Gasteiger partial charge in [0.15, 0.2) is 0 Å². The minimum atomic E-state index is -0.437. The smallest absolute Gasteiger partial charge is 0.407 e. The highest BCUT2D eigenvalue weighted by Gasteiger charge is 2.38. The topological polar surface area (TPSA) is 41.6 Å². The van der Waals surface area contributed by atoms with Crippen LogP contribution >= 0.6 is 0 Å². The number of benzene rings is 1. The maximum atomic E-state index is 12.1. The van der Waals surface area contributed by atoms with Gasteiger partial charge in [0.05, 0.1) is 0 Å². The number of nitrogens with one attached hydrogen (secondary N) is 1. The van der Waals surface area contributed by atoms with E-state index in [-0.39, 0.29) is 12.1 Å². The standard InChI is InChI=1S/C20H30N2O2/c1-20(2,3)24-19(23)21-16-12-17-10-7-11-18(13-16)22(17)14-15-8-5-4-6-9-15/h4-6,8-9,16-18H,7,10-14H2,1-3H3,(H,21,23)/t17-,18-/m0/s1. The number of piperidine rings is 2. The maximum Gasteiger partial charge on any atom is 0.407 e. The van der Waals surface area contributed by atoms with Crippen LogP contribution in [-0.4, -0.2) is 34.7 Å². The van der Waals surface area contributed by atoms with Crippen LogP contribution in [0.15, 0.2) is 30.3 Å². The van der Waals surface area contributed by atoms with E-state index in [9.17, 15) is 4.79 Å². The summed E-state index contributed by atoms with van der Waals surface area (Å²) in [6, 6.07) is 12.1. The van der Waals surface area contributed by atoms with Crippen LogP contribution < -0.4 is 5.32 Å². The number of fused-ring (bicyclic) bond motifs is 2. The first-order valence-electron chi connectivity index (χ1n) is 9.20. The van der Waals surface area contributed by atoms with Crippen molar-refractivity contribution in [1.82, 2.24) is 10.2 Å². The van der Waals surface area contributed by atoms with Gasteiger partial charge >= 0.3 is 6.09 Å². The van der Waals surface area contributed by atoms with Crippen LogP contribution in [0.2, 0.25) is 0 Å². The molecule has 1 amide bonds. The first kappa shape index (κ1) is 17.3. The number of carbonyl (C=O) groups is 1. The molecule has 3 rings (SSSR count). The molecule has 2 saturated heterocycles. The Hall–Kier alpha value is -1.55. The third kappa shape index (κ3) is 4.50. The average Bonchev–Trinajstić information content (AvgIpc) is 2.47. The molecule has 1 aromatic carbocycles. The summed E-state index contributed by atoms with van der Waals surface area (Å²) in [7, 11) is 0. The largest absolute Gasteiger partial charge is 0.444 e. The Morgan fingerprint density at radius 1 is 1.17 bits per heavy atom. The molecule has 132 valence electrons. The Labute approximate surface area is 145 Å². The second-order valence-electron chi connectivity index (χ2n) is 8.21. The van der Waals surface area contributed by atoms with Crippen molar-refractivity contribution in [3.05, 3.63) is 35.9 Å². The molecule has 2 heterocycles. The van der Waals surface area contributed by atoms with E-state index in [1.165, 1.54) is 24.8 Å². The molecule has 4 heteroatoms. The monoisotopic (exact) mass is 330 g/mol. The molecule has 2 bridgehead atoms. The second-order valence-corrected chi connectivity index (χ2v) is 8.21.